The Morgan fingerprint density at radius 1 is 1.14 bits per heavy atom. The van der Waals surface area contributed by atoms with Crippen molar-refractivity contribution in [3.05, 3.63) is 65.2 Å². The molecule has 0 unspecified atom stereocenters. The topological polar surface area (TPSA) is 44.8 Å². The minimum atomic E-state index is 0.0637. The van der Waals surface area contributed by atoms with Gasteiger partial charge in [-0.2, -0.15) is 0 Å². The fourth-order valence-corrected chi connectivity index (χ4v) is 3.62. The van der Waals surface area contributed by atoms with Gasteiger partial charge in [0, 0.05) is 39.4 Å². The van der Waals surface area contributed by atoms with Crippen LogP contribution in [0.4, 0.5) is 5.69 Å². The molecule has 1 amide bonds. The van der Waals surface area contributed by atoms with Crippen LogP contribution in [0.1, 0.15) is 22.7 Å². The first-order chi connectivity index (χ1) is 13.5. The van der Waals surface area contributed by atoms with Crippen molar-refractivity contribution in [2.75, 3.05) is 51.8 Å². The highest BCUT2D eigenvalue weighted by molar-refractivity contribution is 5.78. The molecule has 1 saturated heterocycles. The molecule has 0 bridgehead atoms. The van der Waals surface area contributed by atoms with Crippen LogP contribution in [-0.4, -0.2) is 57.8 Å². The van der Waals surface area contributed by atoms with E-state index in [4.69, 9.17) is 4.74 Å². The molecule has 3 rings (SSSR count). The molecule has 1 aliphatic heterocycles. The number of carbonyl (C=O) groups is 1. The van der Waals surface area contributed by atoms with Crippen molar-refractivity contribution in [2.24, 2.45) is 0 Å². The first-order valence-electron chi connectivity index (χ1n) is 9.94. The summed E-state index contributed by atoms with van der Waals surface area (Å²) in [5.41, 5.74) is 4.63. The van der Waals surface area contributed by atoms with E-state index in [1.807, 2.05) is 39.2 Å². The van der Waals surface area contributed by atoms with E-state index < -0.39 is 0 Å². The molecule has 150 valence electrons. The van der Waals surface area contributed by atoms with E-state index in [2.05, 4.69) is 45.4 Å². The predicted octanol–water partition coefficient (Wildman–Crippen LogP) is 2.79. The Kier molecular flexibility index (Phi) is 7.06. The maximum Gasteiger partial charge on any atom is 0.224 e. The first-order valence-corrected chi connectivity index (χ1v) is 9.94. The normalized spacial score (nSPS) is 15.8. The maximum atomic E-state index is 12.5. The third-order valence-corrected chi connectivity index (χ3v) is 5.22. The quantitative estimate of drug-likeness (QED) is 0.801. The van der Waals surface area contributed by atoms with E-state index in [-0.39, 0.29) is 11.9 Å². The van der Waals surface area contributed by atoms with E-state index in [1.54, 1.807) is 0 Å². The van der Waals surface area contributed by atoms with Gasteiger partial charge in [0.2, 0.25) is 5.91 Å². The Bertz CT molecular complexity index is 768. The molecule has 0 saturated carbocycles. The maximum absolute atomic E-state index is 12.5. The molecular weight excluding hydrogens is 350 g/mol. The average Bonchev–Trinajstić information content (AvgIpc) is 2.69. The fraction of sp³-hybridized carbons (Fsp3) is 0.435. The van der Waals surface area contributed by atoms with Gasteiger partial charge in [-0.25, -0.2) is 0 Å². The van der Waals surface area contributed by atoms with Crippen LogP contribution in [0.3, 0.4) is 0 Å². The lowest BCUT2D eigenvalue weighted by molar-refractivity contribution is -0.120. The average molecular weight is 382 g/mol. The van der Waals surface area contributed by atoms with Gasteiger partial charge >= 0.3 is 0 Å². The van der Waals surface area contributed by atoms with Gasteiger partial charge in [0.1, 0.15) is 0 Å². The summed E-state index contributed by atoms with van der Waals surface area (Å²) < 4.78 is 5.52. The standard InChI is InChI=1S/C23H31N3O2/c1-18-5-4-6-19(15-18)16-23(27)24-17-22(26-11-13-28-14-12-26)20-7-9-21(10-8-20)25(2)3/h4-10,15,22H,11-14,16-17H2,1-3H3,(H,24,27)/t22-/m1/s1. The molecule has 2 aromatic rings. The molecule has 5 nitrogen and oxygen atoms in total. The molecule has 1 atom stereocenters. The summed E-state index contributed by atoms with van der Waals surface area (Å²) in [6, 6.07) is 16.9. The molecule has 1 N–H and O–H groups in total. The van der Waals surface area contributed by atoms with Crippen LogP contribution in [0.5, 0.6) is 0 Å². The van der Waals surface area contributed by atoms with Crippen LogP contribution in [-0.2, 0) is 16.0 Å². The van der Waals surface area contributed by atoms with Crippen LogP contribution in [0.15, 0.2) is 48.5 Å². The molecule has 2 aromatic carbocycles. The largest absolute Gasteiger partial charge is 0.379 e. The zero-order chi connectivity index (χ0) is 19.9. The highest BCUT2D eigenvalue weighted by Gasteiger charge is 2.23. The second-order valence-corrected chi connectivity index (χ2v) is 7.62. The molecule has 1 fully saturated rings. The molecule has 0 spiro atoms. The van der Waals surface area contributed by atoms with E-state index in [0.29, 0.717) is 13.0 Å². The monoisotopic (exact) mass is 381 g/mol. The summed E-state index contributed by atoms with van der Waals surface area (Å²) in [5, 5.41) is 3.15. The second-order valence-electron chi connectivity index (χ2n) is 7.62. The summed E-state index contributed by atoms with van der Waals surface area (Å²) in [5.74, 6) is 0.0637. The highest BCUT2D eigenvalue weighted by Crippen LogP contribution is 2.24. The lowest BCUT2D eigenvalue weighted by Crippen LogP contribution is -2.44. The van der Waals surface area contributed by atoms with E-state index >= 15 is 0 Å². The van der Waals surface area contributed by atoms with Crippen LogP contribution < -0.4 is 10.2 Å². The van der Waals surface area contributed by atoms with Gasteiger partial charge in [-0.15, -0.1) is 0 Å². The molecule has 0 radical (unpaired) electrons. The molecule has 1 heterocycles. The van der Waals surface area contributed by atoms with Gasteiger partial charge in [-0.1, -0.05) is 42.0 Å². The SMILES string of the molecule is Cc1cccc(CC(=O)NC[C@H](c2ccc(N(C)C)cc2)N2CCOCC2)c1. The number of hydrogen-bond acceptors (Lipinski definition) is 4. The Hall–Kier alpha value is -2.37. The number of nitrogens with zero attached hydrogens (tertiary/aromatic N) is 2. The number of ether oxygens (including phenoxy) is 1. The number of aryl methyl sites for hydroxylation is 1. The Morgan fingerprint density at radius 3 is 2.50 bits per heavy atom. The Morgan fingerprint density at radius 2 is 1.86 bits per heavy atom. The van der Waals surface area contributed by atoms with Crippen LogP contribution in [0.25, 0.3) is 0 Å². The summed E-state index contributed by atoms with van der Waals surface area (Å²) in [4.78, 5) is 17.0. The van der Waals surface area contributed by atoms with Gasteiger partial charge < -0.3 is 15.0 Å². The summed E-state index contributed by atoms with van der Waals surface area (Å²) in [7, 11) is 4.08. The number of carbonyl (C=O) groups excluding carboxylic acids is 1. The molecule has 1 aliphatic rings. The number of nitrogens with one attached hydrogen (secondary N) is 1. The van der Waals surface area contributed by atoms with E-state index in [1.165, 1.54) is 16.8 Å². The third kappa shape index (κ3) is 5.57. The molecule has 0 aliphatic carbocycles. The first kappa shape index (κ1) is 20.4. The summed E-state index contributed by atoms with van der Waals surface area (Å²) in [6.45, 7) is 5.90. The lowest BCUT2D eigenvalue weighted by atomic mass is 10.0. The summed E-state index contributed by atoms with van der Waals surface area (Å²) in [6.07, 6.45) is 0.414. The van der Waals surface area contributed by atoms with Crippen LogP contribution in [0, 0.1) is 6.92 Å². The smallest absolute Gasteiger partial charge is 0.224 e. The van der Waals surface area contributed by atoms with Crippen molar-refractivity contribution >= 4 is 11.6 Å². The minimum Gasteiger partial charge on any atom is -0.379 e. The summed E-state index contributed by atoms with van der Waals surface area (Å²) >= 11 is 0. The lowest BCUT2D eigenvalue weighted by Gasteiger charge is -2.35. The van der Waals surface area contributed by atoms with Crippen LogP contribution in [0.2, 0.25) is 0 Å². The van der Waals surface area contributed by atoms with Crippen molar-refractivity contribution in [3.63, 3.8) is 0 Å². The molecular formula is C23H31N3O2. The second kappa shape index (κ2) is 9.71. The molecule has 5 heteroatoms. The fourth-order valence-electron chi connectivity index (χ4n) is 3.62. The van der Waals surface area contributed by atoms with Crippen molar-refractivity contribution in [1.29, 1.82) is 0 Å². The van der Waals surface area contributed by atoms with Crippen LogP contribution >= 0.6 is 0 Å². The number of amides is 1. The number of benzene rings is 2. The highest BCUT2D eigenvalue weighted by atomic mass is 16.5. The predicted molar refractivity (Wildman–Crippen MR) is 114 cm³/mol. The number of hydrogen-bond donors (Lipinski definition) is 1. The Labute approximate surface area is 168 Å². The van der Waals surface area contributed by atoms with Gasteiger partial charge in [0.05, 0.1) is 25.7 Å². The number of rotatable bonds is 7. The minimum absolute atomic E-state index is 0.0637. The third-order valence-electron chi connectivity index (χ3n) is 5.22. The molecule has 28 heavy (non-hydrogen) atoms. The van der Waals surface area contributed by atoms with Gasteiger partial charge in [0.15, 0.2) is 0 Å². The number of anilines is 1. The van der Waals surface area contributed by atoms with Crippen molar-refractivity contribution in [3.8, 4) is 0 Å². The zero-order valence-electron chi connectivity index (χ0n) is 17.1. The van der Waals surface area contributed by atoms with Crippen molar-refractivity contribution in [1.82, 2.24) is 10.2 Å². The van der Waals surface area contributed by atoms with E-state index in [9.17, 15) is 4.79 Å². The number of morpholine rings is 1. The zero-order valence-corrected chi connectivity index (χ0v) is 17.1. The van der Waals surface area contributed by atoms with Crippen molar-refractivity contribution in [2.45, 2.75) is 19.4 Å². The molecule has 0 aromatic heterocycles. The van der Waals surface area contributed by atoms with Gasteiger partial charge in [0.25, 0.3) is 0 Å². The van der Waals surface area contributed by atoms with Gasteiger partial charge in [-0.3, -0.25) is 9.69 Å². The van der Waals surface area contributed by atoms with Crippen molar-refractivity contribution < 1.29 is 9.53 Å². The van der Waals surface area contributed by atoms with Gasteiger partial charge in [-0.05, 0) is 30.2 Å². The Balaban J connectivity index is 1.67. The van der Waals surface area contributed by atoms with E-state index in [0.717, 1.165) is 31.9 Å².